The van der Waals surface area contributed by atoms with Crippen LogP contribution in [-0.2, 0) is 19.1 Å². The number of nitrogens with one attached hydrogen (secondary N) is 1. The van der Waals surface area contributed by atoms with Gasteiger partial charge in [0, 0.05) is 28.0 Å². The van der Waals surface area contributed by atoms with E-state index in [0.717, 1.165) is 21.8 Å². The van der Waals surface area contributed by atoms with Gasteiger partial charge in [0.2, 0.25) is 0 Å². The van der Waals surface area contributed by atoms with E-state index in [1.807, 2.05) is 36.6 Å². The minimum atomic E-state index is -0.595. The molecule has 0 spiro atoms. The number of hydrogen-bond donors (Lipinski definition) is 1. The molecule has 1 aliphatic heterocycles. The van der Waals surface area contributed by atoms with Gasteiger partial charge in [-0.15, -0.1) is 11.3 Å². The molecule has 0 amide bonds. The second-order valence-corrected chi connectivity index (χ2v) is 7.40. The number of carbonyl (C=O) groups excluding carboxylic acids is 2. The molecule has 3 rings (SSSR count). The molecule has 0 fully saturated rings. The van der Waals surface area contributed by atoms with Gasteiger partial charge in [-0.1, -0.05) is 18.2 Å². The highest BCUT2D eigenvalue weighted by Crippen LogP contribution is 2.40. The maximum atomic E-state index is 12.6. The Bertz CT molecular complexity index is 965. The number of allylic oxidation sites excluding steroid dienone is 2. The maximum absolute atomic E-state index is 12.6. The molecule has 1 aromatic heterocycles. The maximum Gasteiger partial charge on any atom is 0.336 e. The fourth-order valence-electron chi connectivity index (χ4n) is 3.43. The van der Waals surface area contributed by atoms with Gasteiger partial charge in [-0.2, -0.15) is 0 Å². The van der Waals surface area contributed by atoms with E-state index in [4.69, 9.17) is 9.47 Å². The van der Waals surface area contributed by atoms with Crippen molar-refractivity contribution in [2.24, 2.45) is 0 Å². The van der Waals surface area contributed by atoms with Crippen LogP contribution in [0.5, 0.6) is 0 Å². The smallest absolute Gasteiger partial charge is 0.336 e. The molecule has 0 radical (unpaired) electrons. The summed E-state index contributed by atoms with van der Waals surface area (Å²) in [5, 5.41) is 5.98. The third kappa shape index (κ3) is 3.57. The Morgan fingerprint density at radius 3 is 2.14 bits per heavy atom. The molecule has 1 N–H and O–H groups in total. The Balaban J connectivity index is 2.19. The molecule has 0 atom stereocenters. The Labute approximate surface area is 167 Å². The fraction of sp³-hybridized carbons (Fsp3) is 0.286. The lowest BCUT2D eigenvalue weighted by molar-refractivity contribution is -0.137. The van der Waals surface area contributed by atoms with Crippen molar-refractivity contribution in [1.82, 2.24) is 10.3 Å². The zero-order chi connectivity index (χ0) is 20.4. The predicted octanol–water partition coefficient (Wildman–Crippen LogP) is 3.70. The van der Waals surface area contributed by atoms with E-state index in [-0.39, 0.29) is 0 Å². The van der Waals surface area contributed by atoms with Crippen molar-refractivity contribution in [2.75, 3.05) is 14.2 Å². The number of thiazole rings is 1. The van der Waals surface area contributed by atoms with Gasteiger partial charge in [-0.3, -0.25) is 0 Å². The van der Waals surface area contributed by atoms with E-state index in [0.29, 0.717) is 22.5 Å². The molecule has 6 nitrogen and oxygen atoms in total. The molecule has 2 aromatic rings. The number of ether oxygens (including phenoxy) is 2. The number of nitrogens with zero attached hydrogens (tertiary/aromatic N) is 1. The lowest BCUT2D eigenvalue weighted by Gasteiger charge is -2.30. The average molecular weight is 398 g/mol. The lowest BCUT2D eigenvalue weighted by Crippen LogP contribution is -2.32. The molecule has 0 bridgehead atoms. The molecule has 1 aromatic carbocycles. The fourth-order valence-corrected chi connectivity index (χ4v) is 4.22. The van der Waals surface area contributed by atoms with Crippen LogP contribution >= 0.6 is 11.3 Å². The van der Waals surface area contributed by atoms with Crippen molar-refractivity contribution in [1.29, 1.82) is 0 Å². The van der Waals surface area contributed by atoms with Gasteiger partial charge in [0.25, 0.3) is 0 Å². The van der Waals surface area contributed by atoms with Crippen LogP contribution in [0, 0.1) is 6.92 Å². The van der Waals surface area contributed by atoms with Gasteiger partial charge in [0.05, 0.1) is 31.3 Å². The summed E-state index contributed by atoms with van der Waals surface area (Å²) in [6, 6.07) is 7.72. The minimum absolute atomic E-state index is 0.390. The first-order valence-electron chi connectivity index (χ1n) is 8.75. The number of aromatic nitrogens is 1. The normalized spacial score (nSPS) is 14.8. The zero-order valence-electron chi connectivity index (χ0n) is 16.5. The highest BCUT2D eigenvalue weighted by atomic mass is 32.1. The third-order valence-electron chi connectivity index (χ3n) is 4.66. The summed E-state index contributed by atoms with van der Waals surface area (Å²) in [7, 11) is 2.66. The van der Waals surface area contributed by atoms with E-state index >= 15 is 0 Å². The summed E-state index contributed by atoms with van der Waals surface area (Å²) >= 11 is 1.55. The number of benzene rings is 1. The molecule has 7 heteroatoms. The number of carbonyl (C=O) groups is 2. The quantitative estimate of drug-likeness (QED) is 0.792. The van der Waals surface area contributed by atoms with Crippen LogP contribution in [0.4, 0.5) is 0 Å². The summed E-state index contributed by atoms with van der Waals surface area (Å²) in [4.78, 5) is 29.7. The first-order valence-corrected chi connectivity index (χ1v) is 9.63. The van der Waals surface area contributed by atoms with Gasteiger partial charge >= 0.3 is 11.9 Å². The van der Waals surface area contributed by atoms with Crippen molar-refractivity contribution in [3.63, 3.8) is 0 Å². The Kier molecular flexibility index (Phi) is 5.65. The van der Waals surface area contributed by atoms with Gasteiger partial charge in [-0.25, -0.2) is 14.6 Å². The van der Waals surface area contributed by atoms with E-state index in [1.54, 1.807) is 25.2 Å². The van der Waals surface area contributed by atoms with Gasteiger partial charge in [0.15, 0.2) is 0 Å². The molecule has 0 unspecified atom stereocenters. The van der Waals surface area contributed by atoms with E-state index in [1.165, 1.54) is 14.2 Å². The molecule has 0 aliphatic carbocycles. The van der Waals surface area contributed by atoms with Gasteiger partial charge < -0.3 is 14.8 Å². The summed E-state index contributed by atoms with van der Waals surface area (Å²) < 4.78 is 10.0. The van der Waals surface area contributed by atoms with Crippen molar-refractivity contribution in [2.45, 2.75) is 26.7 Å². The van der Waals surface area contributed by atoms with Crippen LogP contribution in [0.25, 0.3) is 10.6 Å². The molecule has 28 heavy (non-hydrogen) atoms. The number of esters is 2. The monoisotopic (exact) mass is 398 g/mol. The number of methoxy groups -OCH3 is 2. The predicted molar refractivity (Wildman–Crippen MR) is 108 cm³/mol. The molecule has 0 saturated heterocycles. The van der Waals surface area contributed by atoms with Crippen LogP contribution in [-0.4, -0.2) is 31.1 Å². The van der Waals surface area contributed by atoms with E-state index in [9.17, 15) is 9.59 Å². The highest BCUT2D eigenvalue weighted by molar-refractivity contribution is 7.13. The van der Waals surface area contributed by atoms with Crippen molar-refractivity contribution in [3.8, 4) is 10.6 Å². The lowest BCUT2D eigenvalue weighted by atomic mass is 9.80. The number of dihydropyridines is 1. The van der Waals surface area contributed by atoms with Crippen LogP contribution < -0.4 is 5.32 Å². The van der Waals surface area contributed by atoms with Crippen molar-refractivity contribution >= 4 is 23.3 Å². The Morgan fingerprint density at radius 1 is 1.04 bits per heavy atom. The van der Waals surface area contributed by atoms with Crippen LogP contribution in [0.15, 0.2) is 52.2 Å². The topological polar surface area (TPSA) is 77.5 Å². The summed E-state index contributed by atoms with van der Waals surface area (Å²) in [6.45, 7) is 5.54. The number of rotatable bonds is 4. The number of aryl methyl sites for hydroxylation is 1. The second kappa shape index (κ2) is 7.98. The summed E-state index contributed by atoms with van der Waals surface area (Å²) in [5.41, 5.74) is 4.76. The second-order valence-electron chi connectivity index (χ2n) is 6.54. The highest BCUT2D eigenvalue weighted by Gasteiger charge is 2.37. The largest absolute Gasteiger partial charge is 0.466 e. The minimum Gasteiger partial charge on any atom is -0.466 e. The molecular formula is C21H22N2O4S. The van der Waals surface area contributed by atoms with Crippen molar-refractivity contribution in [3.05, 3.63) is 63.4 Å². The standard InChI is InChI=1S/C21H22N2O4S/c1-11-10-28-19(22-11)15-8-6-7-14(9-15)18-16(20(24)26-4)12(2)23-13(3)17(18)21(25)27-5/h6-10,18,23H,1-5H3. The van der Waals surface area contributed by atoms with Crippen LogP contribution in [0.2, 0.25) is 0 Å². The molecule has 0 saturated carbocycles. The van der Waals surface area contributed by atoms with Crippen molar-refractivity contribution < 1.29 is 19.1 Å². The van der Waals surface area contributed by atoms with Crippen LogP contribution in [0.3, 0.4) is 0 Å². The first kappa shape index (κ1) is 19.8. The van der Waals surface area contributed by atoms with E-state index in [2.05, 4.69) is 10.3 Å². The molecular weight excluding hydrogens is 376 g/mol. The summed E-state index contributed by atoms with van der Waals surface area (Å²) in [5.74, 6) is -1.57. The molecule has 146 valence electrons. The Morgan fingerprint density at radius 2 is 1.64 bits per heavy atom. The molecule has 1 aliphatic rings. The third-order valence-corrected chi connectivity index (χ3v) is 5.67. The Hall–Kier alpha value is -2.93. The van der Waals surface area contributed by atoms with E-state index < -0.39 is 17.9 Å². The van der Waals surface area contributed by atoms with Crippen LogP contribution in [0.1, 0.15) is 31.0 Å². The number of hydrogen-bond acceptors (Lipinski definition) is 7. The molecule has 2 heterocycles. The van der Waals surface area contributed by atoms with Gasteiger partial charge in [-0.05, 0) is 32.4 Å². The zero-order valence-corrected chi connectivity index (χ0v) is 17.3. The SMILES string of the molecule is COC(=O)C1=C(C)NC(C)=C(C(=O)OC)C1c1cccc(-c2nc(C)cs2)c1. The first-order chi connectivity index (χ1) is 13.4. The summed E-state index contributed by atoms with van der Waals surface area (Å²) in [6.07, 6.45) is 0. The van der Waals surface area contributed by atoms with Gasteiger partial charge in [0.1, 0.15) is 5.01 Å². The average Bonchev–Trinajstić information content (AvgIpc) is 3.12.